The van der Waals surface area contributed by atoms with E-state index in [1.807, 2.05) is 5.48 Å². The zero-order chi connectivity index (χ0) is 11.5. The molecule has 15 heavy (non-hydrogen) atoms. The first kappa shape index (κ1) is 11.9. The number of hydrogen-bond donors (Lipinski definition) is 2. The molecule has 1 saturated heterocycles. The van der Waals surface area contributed by atoms with Crippen molar-refractivity contribution in [1.82, 2.24) is 5.48 Å². The summed E-state index contributed by atoms with van der Waals surface area (Å²) in [4.78, 5) is 26.0. The van der Waals surface area contributed by atoms with Gasteiger partial charge in [0.25, 0.3) is 0 Å². The molecule has 1 atom stereocenters. The molecule has 0 aliphatic carbocycles. The second kappa shape index (κ2) is 4.58. The van der Waals surface area contributed by atoms with Crippen LogP contribution in [0, 0.1) is 5.92 Å². The smallest absolute Gasteiger partial charge is 0.247 e. The predicted octanol–water partition coefficient (Wildman–Crippen LogP) is -2.05. The number of sulfone groups is 1. The fourth-order valence-corrected chi connectivity index (χ4v) is 3.00. The lowest BCUT2D eigenvalue weighted by molar-refractivity contribution is -0.140. The average Bonchev–Trinajstić information content (AvgIpc) is 2.45. The van der Waals surface area contributed by atoms with Crippen molar-refractivity contribution in [3.05, 3.63) is 0 Å². The Hall–Kier alpha value is -1.15. The minimum Gasteiger partial charge on any atom is -0.368 e. The van der Waals surface area contributed by atoms with Crippen LogP contribution in [-0.4, -0.2) is 38.3 Å². The van der Waals surface area contributed by atoms with E-state index in [4.69, 9.17) is 5.73 Å². The molecule has 1 heterocycles. The van der Waals surface area contributed by atoms with Gasteiger partial charge in [-0.2, -0.15) is 0 Å². The summed E-state index contributed by atoms with van der Waals surface area (Å²) >= 11 is 0. The van der Waals surface area contributed by atoms with E-state index in [1.54, 1.807) is 0 Å². The van der Waals surface area contributed by atoms with Crippen molar-refractivity contribution >= 4 is 21.7 Å². The van der Waals surface area contributed by atoms with Crippen molar-refractivity contribution in [1.29, 1.82) is 0 Å². The summed E-state index contributed by atoms with van der Waals surface area (Å²) in [5.74, 6) is -1.99. The third-order valence-electron chi connectivity index (χ3n) is 1.99. The number of rotatable bonds is 4. The second-order valence-corrected chi connectivity index (χ2v) is 5.55. The number of amides is 2. The van der Waals surface area contributed by atoms with Gasteiger partial charge in [0, 0.05) is 0 Å². The summed E-state index contributed by atoms with van der Waals surface area (Å²) in [6.07, 6.45) is 0.286. The average molecular weight is 236 g/mol. The highest BCUT2D eigenvalue weighted by Crippen LogP contribution is 2.18. The first-order valence-corrected chi connectivity index (χ1v) is 6.13. The molecule has 1 unspecified atom stereocenters. The number of nitrogens with one attached hydrogen (secondary N) is 1. The van der Waals surface area contributed by atoms with E-state index in [0.29, 0.717) is 0 Å². The van der Waals surface area contributed by atoms with E-state index in [1.165, 1.54) is 0 Å². The van der Waals surface area contributed by atoms with Gasteiger partial charge in [0.15, 0.2) is 16.4 Å². The molecule has 8 heteroatoms. The predicted molar refractivity (Wildman–Crippen MR) is 50.0 cm³/mol. The third-order valence-corrected chi connectivity index (χ3v) is 3.76. The Labute approximate surface area is 86.8 Å². The second-order valence-electron chi connectivity index (χ2n) is 3.32. The molecule has 0 aromatic rings. The summed E-state index contributed by atoms with van der Waals surface area (Å²) in [5.41, 5.74) is 6.75. The van der Waals surface area contributed by atoms with E-state index >= 15 is 0 Å². The maximum atomic E-state index is 11.3. The maximum absolute atomic E-state index is 11.3. The molecule has 7 nitrogen and oxygen atoms in total. The SMILES string of the molecule is NC(=O)CONC(=O)C1CCS(=O)(=O)C1. The lowest BCUT2D eigenvalue weighted by Crippen LogP contribution is -2.34. The van der Waals surface area contributed by atoms with Crippen LogP contribution in [-0.2, 0) is 24.3 Å². The van der Waals surface area contributed by atoms with Gasteiger partial charge in [-0.25, -0.2) is 13.9 Å². The van der Waals surface area contributed by atoms with Crippen LogP contribution >= 0.6 is 0 Å². The van der Waals surface area contributed by atoms with Crippen LogP contribution < -0.4 is 11.2 Å². The fraction of sp³-hybridized carbons (Fsp3) is 0.714. The van der Waals surface area contributed by atoms with Crippen LogP contribution in [0.15, 0.2) is 0 Å². The molecule has 1 fully saturated rings. The lowest BCUT2D eigenvalue weighted by Gasteiger charge is -2.07. The number of primary amides is 1. The number of carbonyl (C=O) groups is 2. The van der Waals surface area contributed by atoms with Gasteiger partial charge >= 0.3 is 0 Å². The van der Waals surface area contributed by atoms with Crippen LogP contribution in [0.3, 0.4) is 0 Å². The molecule has 86 valence electrons. The Morgan fingerprint density at radius 1 is 1.47 bits per heavy atom. The summed E-state index contributed by atoms with van der Waals surface area (Å²) in [7, 11) is -3.09. The van der Waals surface area contributed by atoms with Gasteiger partial charge in [-0.3, -0.25) is 14.4 Å². The Bertz CT molecular complexity index is 364. The Morgan fingerprint density at radius 3 is 2.60 bits per heavy atom. The van der Waals surface area contributed by atoms with Gasteiger partial charge in [-0.1, -0.05) is 0 Å². The monoisotopic (exact) mass is 236 g/mol. The number of carbonyl (C=O) groups excluding carboxylic acids is 2. The minimum absolute atomic E-state index is 0.0148. The fourth-order valence-electron chi connectivity index (χ4n) is 1.26. The van der Waals surface area contributed by atoms with Crippen LogP contribution in [0.5, 0.6) is 0 Å². The van der Waals surface area contributed by atoms with Gasteiger partial charge < -0.3 is 5.73 Å². The molecule has 0 saturated carbocycles. The number of nitrogens with two attached hydrogens (primary N) is 1. The molecule has 0 aromatic heterocycles. The highest BCUT2D eigenvalue weighted by molar-refractivity contribution is 7.91. The molecule has 1 aliphatic rings. The molecule has 2 amide bonds. The zero-order valence-electron chi connectivity index (χ0n) is 7.93. The van der Waals surface area contributed by atoms with Crippen LogP contribution in [0.25, 0.3) is 0 Å². The van der Waals surface area contributed by atoms with Gasteiger partial charge in [0.05, 0.1) is 17.4 Å². The van der Waals surface area contributed by atoms with Crippen molar-refractivity contribution in [2.75, 3.05) is 18.1 Å². The topological polar surface area (TPSA) is 116 Å². The normalized spacial score (nSPS) is 23.6. The zero-order valence-corrected chi connectivity index (χ0v) is 8.75. The van der Waals surface area contributed by atoms with Gasteiger partial charge in [0.1, 0.15) is 0 Å². The standard InChI is InChI=1S/C7H12N2O5S/c8-6(10)3-14-9-7(11)5-1-2-15(12,13)4-5/h5H,1-4H2,(H2,8,10)(H,9,11). The Kier molecular flexibility index (Phi) is 3.64. The molecular weight excluding hydrogens is 224 g/mol. The third kappa shape index (κ3) is 3.84. The quantitative estimate of drug-likeness (QED) is 0.545. The van der Waals surface area contributed by atoms with E-state index in [9.17, 15) is 18.0 Å². The minimum atomic E-state index is -3.09. The van der Waals surface area contributed by atoms with Crippen molar-refractivity contribution in [2.24, 2.45) is 11.7 Å². The molecule has 1 aliphatic heterocycles. The highest BCUT2D eigenvalue weighted by Gasteiger charge is 2.33. The Balaban J connectivity index is 2.33. The lowest BCUT2D eigenvalue weighted by atomic mass is 10.1. The molecule has 0 radical (unpaired) electrons. The van der Waals surface area contributed by atoms with Crippen LogP contribution in [0.4, 0.5) is 0 Å². The van der Waals surface area contributed by atoms with Gasteiger partial charge in [-0.15, -0.1) is 0 Å². The van der Waals surface area contributed by atoms with Crippen molar-refractivity contribution in [3.8, 4) is 0 Å². The Morgan fingerprint density at radius 2 is 2.13 bits per heavy atom. The van der Waals surface area contributed by atoms with E-state index in [2.05, 4.69) is 4.84 Å². The molecule has 3 N–H and O–H groups in total. The first-order valence-electron chi connectivity index (χ1n) is 4.31. The van der Waals surface area contributed by atoms with E-state index in [-0.39, 0.29) is 17.9 Å². The number of hydroxylamine groups is 1. The molecule has 1 rings (SSSR count). The van der Waals surface area contributed by atoms with Gasteiger partial charge in [-0.05, 0) is 6.42 Å². The summed E-state index contributed by atoms with van der Waals surface area (Å²) < 4.78 is 22.1. The van der Waals surface area contributed by atoms with Crippen LogP contribution in [0.2, 0.25) is 0 Å². The molecule has 0 bridgehead atoms. The highest BCUT2D eigenvalue weighted by atomic mass is 32.2. The van der Waals surface area contributed by atoms with E-state index < -0.39 is 34.2 Å². The maximum Gasteiger partial charge on any atom is 0.247 e. The van der Waals surface area contributed by atoms with Crippen LogP contribution in [0.1, 0.15) is 6.42 Å². The largest absolute Gasteiger partial charge is 0.368 e. The first-order chi connectivity index (χ1) is 6.91. The van der Waals surface area contributed by atoms with Crippen molar-refractivity contribution < 1.29 is 22.8 Å². The molecule has 0 aromatic carbocycles. The summed E-state index contributed by atoms with van der Waals surface area (Å²) in [6.45, 7) is -0.425. The molecular formula is C7H12N2O5S. The van der Waals surface area contributed by atoms with Crippen molar-refractivity contribution in [3.63, 3.8) is 0 Å². The summed E-state index contributed by atoms with van der Waals surface area (Å²) in [5, 5.41) is 0. The van der Waals surface area contributed by atoms with Crippen molar-refractivity contribution in [2.45, 2.75) is 6.42 Å². The number of hydrogen-bond acceptors (Lipinski definition) is 5. The molecule has 0 spiro atoms. The van der Waals surface area contributed by atoms with E-state index in [0.717, 1.165) is 0 Å². The summed E-state index contributed by atoms with van der Waals surface area (Å²) in [6, 6.07) is 0. The van der Waals surface area contributed by atoms with Gasteiger partial charge in [0.2, 0.25) is 11.8 Å².